The number of para-hydroxylation sites is 1. The zero-order valence-corrected chi connectivity index (χ0v) is 19.4. The number of aliphatic hydroxyl groups excluding tert-OH is 1. The molecule has 1 amide bonds. The number of hydrogen-bond acceptors (Lipinski definition) is 6. The monoisotopic (exact) mass is 440 g/mol. The number of nitrogens with zero attached hydrogens (tertiary/aromatic N) is 2. The van der Waals surface area contributed by atoms with E-state index in [9.17, 15) is 15.0 Å². The molecule has 2 heterocycles. The fourth-order valence-electron chi connectivity index (χ4n) is 4.41. The zero-order chi connectivity index (χ0) is 23.1. The molecule has 4 N–H and O–H groups in total. The maximum atomic E-state index is 13.1. The molecule has 1 saturated heterocycles. The Morgan fingerprint density at radius 3 is 2.69 bits per heavy atom. The molecule has 3 rings (SSSR count). The second-order valence-corrected chi connectivity index (χ2v) is 8.69. The number of aryl methyl sites for hydroxylation is 3. The summed E-state index contributed by atoms with van der Waals surface area (Å²) >= 11 is 0. The highest BCUT2D eigenvalue weighted by molar-refractivity contribution is 5.96. The largest absolute Gasteiger partial charge is 0.506 e. The Bertz CT molecular complexity index is 911. The number of carbonyl (C=O) groups excluding carboxylic acids is 1. The number of aromatic hydroxyl groups is 1. The minimum absolute atomic E-state index is 0.0832. The third-order valence-electron chi connectivity index (χ3n) is 6.35. The van der Waals surface area contributed by atoms with Gasteiger partial charge in [-0.1, -0.05) is 24.6 Å². The van der Waals surface area contributed by atoms with Crippen molar-refractivity contribution in [1.82, 2.24) is 15.2 Å². The van der Waals surface area contributed by atoms with Crippen LogP contribution in [0.25, 0.3) is 0 Å². The molecule has 32 heavy (non-hydrogen) atoms. The second kappa shape index (κ2) is 11.4. The molecule has 1 aromatic carbocycles. The number of nitrogens with one attached hydrogen (secondary N) is 2. The summed E-state index contributed by atoms with van der Waals surface area (Å²) in [7, 11) is 0. The summed E-state index contributed by atoms with van der Waals surface area (Å²) in [6, 6.07) is 5.96. The Morgan fingerprint density at radius 1 is 1.22 bits per heavy atom. The van der Waals surface area contributed by atoms with Gasteiger partial charge in [0.1, 0.15) is 5.75 Å². The van der Waals surface area contributed by atoms with Crippen molar-refractivity contribution in [2.45, 2.75) is 65.6 Å². The van der Waals surface area contributed by atoms with Crippen molar-refractivity contribution in [2.75, 3.05) is 25.0 Å². The van der Waals surface area contributed by atoms with Crippen LogP contribution in [0.15, 0.2) is 24.4 Å². The maximum Gasteiger partial charge on any atom is 0.241 e. The van der Waals surface area contributed by atoms with E-state index in [4.69, 9.17) is 0 Å². The number of rotatable bonds is 9. The van der Waals surface area contributed by atoms with E-state index in [0.717, 1.165) is 62.1 Å². The molecule has 1 aromatic heterocycles. The molecule has 7 heteroatoms. The number of benzene rings is 1. The van der Waals surface area contributed by atoms with Crippen LogP contribution in [0.2, 0.25) is 0 Å². The average molecular weight is 441 g/mol. The predicted molar refractivity (Wildman–Crippen MR) is 127 cm³/mol. The lowest BCUT2D eigenvalue weighted by Crippen LogP contribution is -2.47. The number of pyridine rings is 1. The quantitative estimate of drug-likeness (QED) is 0.447. The number of hydrogen-bond donors (Lipinski definition) is 4. The summed E-state index contributed by atoms with van der Waals surface area (Å²) in [4.78, 5) is 19.5. The Kier molecular flexibility index (Phi) is 8.61. The SMILES string of the molecule is Cc1cccc(C)c1NC(=O)C1CCCCN1CCCNCc1c(CO)cnc(C)c1O. The molecule has 0 saturated carbocycles. The van der Waals surface area contributed by atoms with E-state index in [1.54, 1.807) is 13.1 Å². The van der Waals surface area contributed by atoms with Crippen molar-refractivity contribution < 1.29 is 15.0 Å². The first-order chi connectivity index (χ1) is 15.4. The molecule has 0 aliphatic carbocycles. The Morgan fingerprint density at radius 2 is 1.97 bits per heavy atom. The molecular formula is C25H36N4O3. The van der Waals surface area contributed by atoms with Crippen molar-refractivity contribution in [2.24, 2.45) is 0 Å². The first-order valence-electron chi connectivity index (χ1n) is 11.5. The fraction of sp³-hybridized carbons (Fsp3) is 0.520. The van der Waals surface area contributed by atoms with E-state index in [1.165, 1.54) is 0 Å². The molecule has 0 bridgehead atoms. The standard InChI is InChI=1S/C25H36N4O3/c1-17-8-6-9-18(2)23(17)28-25(32)22-10-4-5-12-29(22)13-7-11-26-15-21-20(16-30)14-27-19(3)24(21)31/h6,8-9,14,22,26,30-31H,4-5,7,10-13,15-16H2,1-3H3,(H,28,32). The van der Waals surface area contributed by atoms with Gasteiger partial charge in [0.05, 0.1) is 18.3 Å². The van der Waals surface area contributed by atoms with Crippen LogP contribution in [-0.2, 0) is 17.9 Å². The van der Waals surface area contributed by atoms with Crippen LogP contribution in [0.1, 0.15) is 53.6 Å². The van der Waals surface area contributed by atoms with Gasteiger partial charge in [0, 0.05) is 36.1 Å². The molecule has 0 radical (unpaired) electrons. The van der Waals surface area contributed by atoms with E-state index in [1.807, 2.05) is 32.0 Å². The van der Waals surface area contributed by atoms with Gasteiger partial charge in [-0.3, -0.25) is 14.7 Å². The van der Waals surface area contributed by atoms with Crippen molar-refractivity contribution in [3.05, 3.63) is 52.3 Å². The minimum Gasteiger partial charge on any atom is -0.506 e. The third kappa shape index (κ3) is 5.85. The van der Waals surface area contributed by atoms with Crippen molar-refractivity contribution in [3.8, 4) is 5.75 Å². The van der Waals surface area contributed by atoms with Crippen LogP contribution >= 0.6 is 0 Å². The van der Waals surface area contributed by atoms with Crippen LogP contribution in [0.4, 0.5) is 5.69 Å². The van der Waals surface area contributed by atoms with Crippen LogP contribution in [-0.4, -0.2) is 51.7 Å². The fourth-order valence-corrected chi connectivity index (χ4v) is 4.41. The highest BCUT2D eigenvalue weighted by atomic mass is 16.3. The third-order valence-corrected chi connectivity index (χ3v) is 6.35. The summed E-state index contributed by atoms with van der Waals surface area (Å²) < 4.78 is 0. The van der Waals surface area contributed by atoms with E-state index in [-0.39, 0.29) is 24.3 Å². The number of likely N-dealkylation sites (tertiary alicyclic amines) is 1. The van der Waals surface area contributed by atoms with E-state index < -0.39 is 0 Å². The lowest BCUT2D eigenvalue weighted by Gasteiger charge is -2.35. The summed E-state index contributed by atoms with van der Waals surface area (Å²) in [5.41, 5.74) is 4.99. The van der Waals surface area contributed by atoms with Gasteiger partial charge in [-0.15, -0.1) is 0 Å². The summed E-state index contributed by atoms with van der Waals surface area (Å²) in [5.74, 6) is 0.225. The molecule has 2 aromatic rings. The minimum atomic E-state index is -0.150. The van der Waals surface area contributed by atoms with Crippen molar-refractivity contribution in [3.63, 3.8) is 0 Å². The van der Waals surface area contributed by atoms with Gasteiger partial charge in [-0.25, -0.2) is 0 Å². The first-order valence-corrected chi connectivity index (χ1v) is 11.5. The van der Waals surface area contributed by atoms with Gasteiger partial charge in [-0.2, -0.15) is 0 Å². The highest BCUT2D eigenvalue weighted by Gasteiger charge is 2.28. The molecule has 1 atom stereocenters. The summed E-state index contributed by atoms with van der Waals surface area (Å²) in [6.45, 7) is 8.65. The molecule has 1 fully saturated rings. The molecule has 1 aliphatic rings. The lowest BCUT2D eigenvalue weighted by molar-refractivity contribution is -0.122. The van der Waals surface area contributed by atoms with Crippen LogP contribution in [0, 0.1) is 20.8 Å². The average Bonchev–Trinajstić information content (AvgIpc) is 2.79. The Hall–Kier alpha value is -2.48. The van der Waals surface area contributed by atoms with Gasteiger partial charge >= 0.3 is 0 Å². The number of aliphatic hydroxyl groups is 1. The molecule has 1 unspecified atom stereocenters. The molecular weight excluding hydrogens is 404 g/mol. The molecule has 174 valence electrons. The van der Waals surface area contributed by atoms with E-state index in [2.05, 4.69) is 20.5 Å². The molecule has 1 aliphatic heterocycles. The number of piperidine rings is 1. The van der Waals surface area contributed by atoms with Gasteiger partial charge in [-0.05, 0) is 64.3 Å². The van der Waals surface area contributed by atoms with Gasteiger partial charge < -0.3 is 20.8 Å². The zero-order valence-electron chi connectivity index (χ0n) is 19.4. The normalized spacial score (nSPS) is 16.8. The van der Waals surface area contributed by atoms with Crippen molar-refractivity contribution >= 4 is 11.6 Å². The van der Waals surface area contributed by atoms with Gasteiger partial charge in [0.2, 0.25) is 5.91 Å². The lowest BCUT2D eigenvalue weighted by atomic mass is 10.0. The Labute approximate surface area is 190 Å². The summed E-state index contributed by atoms with van der Waals surface area (Å²) in [6.07, 6.45) is 5.58. The Balaban J connectivity index is 1.52. The van der Waals surface area contributed by atoms with Crippen LogP contribution in [0.5, 0.6) is 5.75 Å². The first kappa shape index (κ1) is 24.2. The topological polar surface area (TPSA) is 97.7 Å². The number of aromatic nitrogens is 1. The smallest absolute Gasteiger partial charge is 0.241 e. The molecule has 7 nitrogen and oxygen atoms in total. The van der Waals surface area contributed by atoms with E-state index in [0.29, 0.717) is 23.4 Å². The molecule has 0 spiro atoms. The van der Waals surface area contributed by atoms with Crippen LogP contribution in [0.3, 0.4) is 0 Å². The number of carbonyl (C=O) groups is 1. The van der Waals surface area contributed by atoms with Crippen LogP contribution < -0.4 is 10.6 Å². The summed E-state index contributed by atoms with van der Waals surface area (Å²) in [5, 5.41) is 26.3. The van der Waals surface area contributed by atoms with Crippen molar-refractivity contribution in [1.29, 1.82) is 0 Å². The number of anilines is 1. The second-order valence-electron chi connectivity index (χ2n) is 8.69. The highest BCUT2D eigenvalue weighted by Crippen LogP contribution is 2.24. The predicted octanol–water partition coefficient (Wildman–Crippen LogP) is 3.18. The maximum absolute atomic E-state index is 13.1. The number of amides is 1. The van der Waals surface area contributed by atoms with E-state index >= 15 is 0 Å². The van der Waals surface area contributed by atoms with Gasteiger partial charge in [0.15, 0.2) is 0 Å². The van der Waals surface area contributed by atoms with Gasteiger partial charge in [0.25, 0.3) is 0 Å².